The number of hydrogen-bond acceptors (Lipinski definition) is 2. The quantitative estimate of drug-likeness (QED) is 0.665. The highest BCUT2D eigenvalue weighted by Gasteiger charge is 2.05. The molecule has 0 radical (unpaired) electrons. The van der Waals surface area contributed by atoms with Crippen molar-refractivity contribution in [2.75, 3.05) is 11.9 Å². The first kappa shape index (κ1) is 8.83. The summed E-state index contributed by atoms with van der Waals surface area (Å²) in [6, 6.07) is 7.83. The Morgan fingerprint density at radius 3 is 3.07 bits per heavy atom. The molecule has 0 spiro atoms. The van der Waals surface area contributed by atoms with Crippen LogP contribution >= 0.6 is 0 Å². The van der Waals surface area contributed by atoms with Crippen molar-refractivity contribution in [3.05, 3.63) is 29.8 Å². The summed E-state index contributed by atoms with van der Waals surface area (Å²) >= 11 is 0. The Kier molecular flexibility index (Phi) is 2.51. The molecule has 0 atom stereocenters. The largest absolute Gasteiger partial charge is 0.344 e. The van der Waals surface area contributed by atoms with Crippen LogP contribution in [0.2, 0.25) is 0 Å². The minimum Gasteiger partial charge on any atom is -0.344 e. The van der Waals surface area contributed by atoms with Crippen LogP contribution in [0.3, 0.4) is 0 Å². The van der Waals surface area contributed by atoms with E-state index >= 15 is 0 Å². The zero-order chi connectivity index (χ0) is 9.80. The van der Waals surface area contributed by atoms with Crippen molar-refractivity contribution in [1.82, 2.24) is 0 Å². The lowest BCUT2D eigenvalue weighted by Crippen LogP contribution is -2.08. The summed E-state index contributed by atoms with van der Waals surface area (Å²) in [5, 5.41) is 3.27. The lowest BCUT2D eigenvalue weighted by atomic mass is 10.2. The highest BCUT2D eigenvalue weighted by atomic mass is 15.0. The van der Waals surface area contributed by atoms with Gasteiger partial charge in [-0.3, -0.25) is 4.99 Å². The monoisotopic (exact) mass is 184 g/mol. The van der Waals surface area contributed by atoms with Gasteiger partial charge in [-0.25, -0.2) is 0 Å². The molecule has 0 aromatic heterocycles. The fraction of sp³-hybridized carbons (Fsp3) is 0.250. The normalized spacial score (nSPS) is 14.6. The lowest BCUT2D eigenvalue weighted by Gasteiger charge is -2.05. The third-order valence-corrected chi connectivity index (χ3v) is 2.19. The SMILES string of the molecule is C#Cc1cccc(NC2=NCCC2)c1. The minimum absolute atomic E-state index is 0.897. The van der Waals surface area contributed by atoms with E-state index in [1.165, 1.54) is 0 Å². The molecule has 1 aromatic carbocycles. The molecule has 1 N–H and O–H groups in total. The summed E-state index contributed by atoms with van der Waals surface area (Å²) in [5.74, 6) is 3.68. The van der Waals surface area contributed by atoms with Crippen LogP contribution in [0, 0.1) is 12.3 Å². The summed E-state index contributed by atoms with van der Waals surface area (Å²) in [4.78, 5) is 4.34. The molecule has 1 aromatic rings. The number of terminal acetylenes is 1. The van der Waals surface area contributed by atoms with Gasteiger partial charge in [-0.1, -0.05) is 12.0 Å². The molecule has 70 valence electrons. The summed E-state index contributed by atoms with van der Waals surface area (Å²) in [7, 11) is 0. The summed E-state index contributed by atoms with van der Waals surface area (Å²) < 4.78 is 0. The molecule has 2 heteroatoms. The van der Waals surface area contributed by atoms with Crippen LogP contribution in [0.15, 0.2) is 29.3 Å². The summed E-state index contributed by atoms with van der Waals surface area (Å²) in [5.41, 5.74) is 1.93. The average Bonchev–Trinajstić information content (AvgIpc) is 2.71. The van der Waals surface area contributed by atoms with Gasteiger partial charge < -0.3 is 5.32 Å². The first-order valence-corrected chi connectivity index (χ1v) is 4.75. The zero-order valence-electron chi connectivity index (χ0n) is 7.96. The lowest BCUT2D eigenvalue weighted by molar-refractivity contribution is 0.951. The molecule has 2 nitrogen and oxygen atoms in total. The van der Waals surface area contributed by atoms with E-state index in [-0.39, 0.29) is 0 Å². The van der Waals surface area contributed by atoms with Gasteiger partial charge in [0, 0.05) is 24.2 Å². The Morgan fingerprint density at radius 2 is 2.36 bits per heavy atom. The van der Waals surface area contributed by atoms with Crippen molar-refractivity contribution in [1.29, 1.82) is 0 Å². The number of hydrogen-bond donors (Lipinski definition) is 1. The van der Waals surface area contributed by atoms with Crippen LogP contribution in [0.4, 0.5) is 5.69 Å². The number of anilines is 1. The van der Waals surface area contributed by atoms with E-state index in [9.17, 15) is 0 Å². The van der Waals surface area contributed by atoms with Crippen LogP contribution in [-0.4, -0.2) is 12.4 Å². The molecule has 0 amide bonds. The minimum atomic E-state index is 0.897. The van der Waals surface area contributed by atoms with Crippen molar-refractivity contribution >= 4 is 11.5 Å². The van der Waals surface area contributed by atoms with E-state index in [4.69, 9.17) is 6.42 Å². The molecule has 1 aliphatic rings. The van der Waals surface area contributed by atoms with Gasteiger partial charge >= 0.3 is 0 Å². The second-order valence-corrected chi connectivity index (χ2v) is 3.28. The average molecular weight is 184 g/mol. The van der Waals surface area contributed by atoms with E-state index in [0.29, 0.717) is 0 Å². The highest BCUT2D eigenvalue weighted by molar-refractivity contribution is 5.96. The maximum atomic E-state index is 5.32. The van der Waals surface area contributed by atoms with Gasteiger partial charge in [0.15, 0.2) is 0 Å². The molecule has 0 bridgehead atoms. The van der Waals surface area contributed by atoms with E-state index in [1.54, 1.807) is 0 Å². The van der Waals surface area contributed by atoms with Crippen molar-refractivity contribution in [2.45, 2.75) is 12.8 Å². The van der Waals surface area contributed by atoms with Gasteiger partial charge in [-0.15, -0.1) is 6.42 Å². The van der Waals surface area contributed by atoms with Gasteiger partial charge in [0.1, 0.15) is 5.84 Å². The Balaban J connectivity index is 2.13. The Morgan fingerprint density at radius 1 is 1.43 bits per heavy atom. The molecule has 1 aliphatic heterocycles. The molecule has 1 heterocycles. The fourth-order valence-electron chi connectivity index (χ4n) is 1.49. The van der Waals surface area contributed by atoms with E-state index < -0.39 is 0 Å². The highest BCUT2D eigenvalue weighted by Crippen LogP contribution is 2.12. The topological polar surface area (TPSA) is 24.4 Å². The van der Waals surface area contributed by atoms with Crippen LogP contribution in [-0.2, 0) is 0 Å². The molecule has 0 aliphatic carbocycles. The molecule has 14 heavy (non-hydrogen) atoms. The van der Waals surface area contributed by atoms with Crippen molar-refractivity contribution in [3.8, 4) is 12.3 Å². The Hall–Kier alpha value is -1.75. The van der Waals surface area contributed by atoms with Crippen molar-refractivity contribution in [3.63, 3.8) is 0 Å². The molecule has 0 saturated heterocycles. The van der Waals surface area contributed by atoms with E-state index in [2.05, 4.69) is 16.2 Å². The van der Waals surface area contributed by atoms with E-state index in [0.717, 1.165) is 36.5 Å². The number of nitrogens with zero attached hydrogens (tertiary/aromatic N) is 1. The standard InChI is InChI=1S/C12H12N2/c1-2-10-5-3-6-11(9-10)14-12-7-4-8-13-12/h1,3,5-6,9H,4,7-8H2,(H,13,14). The molecular formula is C12H12N2. The van der Waals surface area contributed by atoms with Crippen molar-refractivity contribution in [2.24, 2.45) is 4.99 Å². The Labute approximate surface area is 84.1 Å². The van der Waals surface area contributed by atoms with Gasteiger partial charge in [-0.2, -0.15) is 0 Å². The van der Waals surface area contributed by atoms with Gasteiger partial charge in [0.2, 0.25) is 0 Å². The third-order valence-electron chi connectivity index (χ3n) is 2.19. The van der Waals surface area contributed by atoms with Crippen LogP contribution < -0.4 is 5.32 Å². The van der Waals surface area contributed by atoms with Gasteiger partial charge in [-0.05, 0) is 24.6 Å². The second kappa shape index (κ2) is 3.97. The number of aliphatic imine (C=N–C) groups is 1. The Bertz CT molecular complexity index is 399. The van der Waals surface area contributed by atoms with Crippen molar-refractivity contribution < 1.29 is 0 Å². The fourth-order valence-corrected chi connectivity index (χ4v) is 1.49. The van der Waals surface area contributed by atoms with Crippen LogP contribution in [0.25, 0.3) is 0 Å². The number of rotatable bonds is 1. The smallest absolute Gasteiger partial charge is 0.101 e. The maximum Gasteiger partial charge on any atom is 0.101 e. The van der Waals surface area contributed by atoms with Gasteiger partial charge in [0.05, 0.1) is 0 Å². The first-order valence-electron chi connectivity index (χ1n) is 4.75. The summed E-state index contributed by atoms with van der Waals surface area (Å²) in [6.07, 6.45) is 7.51. The molecular weight excluding hydrogens is 172 g/mol. The maximum absolute atomic E-state index is 5.32. The van der Waals surface area contributed by atoms with Crippen LogP contribution in [0.5, 0.6) is 0 Å². The van der Waals surface area contributed by atoms with Crippen LogP contribution in [0.1, 0.15) is 18.4 Å². The van der Waals surface area contributed by atoms with Gasteiger partial charge in [0.25, 0.3) is 0 Å². The third kappa shape index (κ3) is 1.94. The second-order valence-electron chi connectivity index (χ2n) is 3.28. The number of amidine groups is 1. The predicted octanol–water partition coefficient (Wildman–Crippen LogP) is 2.27. The molecule has 0 saturated carbocycles. The summed E-state index contributed by atoms with van der Waals surface area (Å²) in [6.45, 7) is 0.942. The molecule has 0 fully saturated rings. The predicted molar refractivity (Wildman–Crippen MR) is 59.5 cm³/mol. The zero-order valence-corrected chi connectivity index (χ0v) is 7.96. The molecule has 0 unspecified atom stereocenters. The molecule has 2 rings (SSSR count). The first-order chi connectivity index (χ1) is 6.88. The number of benzene rings is 1. The van der Waals surface area contributed by atoms with E-state index in [1.807, 2.05) is 24.3 Å². The number of nitrogens with one attached hydrogen (secondary N) is 1.